The van der Waals surface area contributed by atoms with Crippen molar-refractivity contribution in [2.75, 3.05) is 22.5 Å². The lowest BCUT2D eigenvalue weighted by atomic mass is 10.2. The van der Waals surface area contributed by atoms with Gasteiger partial charge in [-0.05, 0) is 48.4 Å². The molecule has 0 aromatic heterocycles. The second kappa shape index (κ2) is 8.10. The zero-order valence-corrected chi connectivity index (χ0v) is 16.8. The van der Waals surface area contributed by atoms with Crippen LogP contribution in [0.15, 0.2) is 47.4 Å². The lowest BCUT2D eigenvalue weighted by molar-refractivity contribution is -0.137. The van der Waals surface area contributed by atoms with Crippen molar-refractivity contribution in [3.63, 3.8) is 0 Å². The van der Waals surface area contributed by atoms with E-state index in [1.165, 1.54) is 25.1 Å². The summed E-state index contributed by atoms with van der Waals surface area (Å²) < 4.78 is 63.4. The summed E-state index contributed by atoms with van der Waals surface area (Å²) in [6.45, 7) is 1.91. The summed E-state index contributed by atoms with van der Waals surface area (Å²) in [5.74, 6) is -1.33. The Kier molecular flexibility index (Phi) is 5.89. The Hall–Kier alpha value is -2.88. The Morgan fingerprint density at radius 1 is 1.13 bits per heavy atom. The molecular weight excluding hydrogens is 421 g/mol. The quantitative estimate of drug-likeness (QED) is 0.772. The van der Waals surface area contributed by atoms with E-state index in [0.717, 1.165) is 23.8 Å². The number of halogens is 3. The molecule has 2 aromatic carbocycles. The van der Waals surface area contributed by atoms with Crippen LogP contribution in [-0.4, -0.2) is 32.5 Å². The first-order valence-corrected chi connectivity index (χ1v) is 10.7. The van der Waals surface area contributed by atoms with E-state index in [1.807, 2.05) is 0 Å². The van der Waals surface area contributed by atoms with Crippen LogP contribution in [0.4, 0.5) is 24.5 Å². The average Bonchev–Trinajstić information content (AvgIpc) is 3.09. The molecule has 10 heteroatoms. The normalized spacial score (nSPS) is 13.8. The Bertz CT molecular complexity index is 1100. The van der Waals surface area contributed by atoms with Crippen molar-refractivity contribution in [2.45, 2.75) is 30.8 Å². The Balaban J connectivity index is 1.66. The lowest BCUT2D eigenvalue weighted by Crippen LogP contribution is -2.25. The first-order valence-electron chi connectivity index (χ1n) is 9.08. The molecule has 1 heterocycles. The molecule has 0 spiro atoms. The van der Waals surface area contributed by atoms with Crippen LogP contribution in [0.2, 0.25) is 0 Å². The van der Waals surface area contributed by atoms with Crippen molar-refractivity contribution in [1.82, 2.24) is 0 Å². The van der Waals surface area contributed by atoms with Gasteiger partial charge < -0.3 is 10.2 Å². The number of sulfone groups is 1. The maximum absolute atomic E-state index is 12.7. The zero-order valence-electron chi connectivity index (χ0n) is 16.0. The largest absolute Gasteiger partial charge is 0.416 e. The van der Waals surface area contributed by atoms with Gasteiger partial charge in [-0.1, -0.05) is 6.07 Å². The molecule has 0 unspecified atom stereocenters. The number of fused-ring (bicyclic) bond motifs is 1. The van der Waals surface area contributed by atoms with E-state index in [-0.39, 0.29) is 16.5 Å². The molecule has 0 bridgehead atoms. The van der Waals surface area contributed by atoms with Crippen LogP contribution >= 0.6 is 0 Å². The second-order valence-electron chi connectivity index (χ2n) is 6.91. The number of rotatable bonds is 5. The molecule has 0 fully saturated rings. The molecular formula is C20H19F3N2O4S. The first kappa shape index (κ1) is 21.8. The maximum Gasteiger partial charge on any atom is 0.416 e. The molecule has 6 nitrogen and oxygen atoms in total. The summed E-state index contributed by atoms with van der Waals surface area (Å²) in [4.78, 5) is 25.3. The highest BCUT2D eigenvalue weighted by atomic mass is 32.2. The number of alkyl halides is 3. The van der Waals surface area contributed by atoms with Gasteiger partial charge in [-0.15, -0.1) is 0 Å². The predicted octanol–water partition coefficient (Wildman–Crippen LogP) is 3.42. The number of amides is 2. The SMILES string of the molecule is CC(=O)N1CCc2cc(S(=O)(=O)CCC(=O)Nc3cccc(C(F)(F)F)c3)ccc21. The highest BCUT2D eigenvalue weighted by molar-refractivity contribution is 7.91. The standard InChI is InChI=1S/C20H19F3N2O4S/c1-13(26)25-9-7-14-11-17(5-6-18(14)25)30(28,29)10-8-19(27)24-16-4-2-3-15(12-16)20(21,22)23/h2-6,11-12H,7-10H2,1H3,(H,24,27). The molecule has 0 radical (unpaired) electrons. The van der Waals surface area contributed by atoms with Crippen LogP contribution < -0.4 is 10.2 Å². The van der Waals surface area contributed by atoms with Gasteiger partial charge in [0.2, 0.25) is 11.8 Å². The van der Waals surface area contributed by atoms with Crippen molar-refractivity contribution in [3.05, 3.63) is 53.6 Å². The van der Waals surface area contributed by atoms with Crippen LogP contribution in [0.1, 0.15) is 24.5 Å². The van der Waals surface area contributed by atoms with E-state index >= 15 is 0 Å². The van der Waals surface area contributed by atoms with E-state index in [2.05, 4.69) is 5.32 Å². The van der Waals surface area contributed by atoms with Crippen molar-refractivity contribution in [3.8, 4) is 0 Å². The monoisotopic (exact) mass is 440 g/mol. The van der Waals surface area contributed by atoms with Gasteiger partial charge in [-0.25, -0.2) is 8.42 Å². The fourth-order valence-electron chi connectivity index (χ4n) is 3.24. The van der Waals surface area contributed by atoms with Gasteiger partial charge >= 0.3 is 6.18 Å². The summed E-state index contributed by atoms with van der Waals surface area (Å²) >= 11 is 0. The van der Waals surface area contributed by atoms with Crippen molar-refractivity contribution in [2.24, 2.45) is 0 Å². The molecule has 2 aromatic rings. The molecule has 2 amide bonds. The predicted molar refractivity (Wildman–Crippen MR) is 105 cm³/mol. The molecule has 30 heavy (non-hydrogen) atoms. The van der Waals surface area contributed by atoms with E-state index in [9.17, 15) is 31.2 Å². The van der Waals surface area contributed by atoms with Gasteiger partial charge in [-0.3, -0.25) is 9.59 Å². The fourth-order valence-corrected chi connectivity index (χ4v) is 4.53. The molecule has 0 aliphatic carbocycles. The number of anilines is 2. The number of nitrogens with one attached hydrogen (secondary N) is 1. The Morgan fingerprint density at radius 2 is 1.87 bits per heavy atom. The molecule has 160 valence electrons. The van der Waals surface area contributed by atoms with Gasteiger partial charge in [0.15, 0.2) is 9.84 Å². The third-order valence-corrected chi connectivity index (χ3v) is 6.47. The number of hydrogen-bond donors (Lipinski definition) is 1. The number of carbonyl (C=O) groups excluding carboxylic acids is 2. The van der Waals surface area contributed by atoms with Gasteiger partial charge in [0, 0.05) is 31.3 Å². The fraction of sp³-hybridized carbons (Fsp3) is 0.300. The van der Waals surface area contributed by atoms with E-state index < -0.39 is 39.7 Å². The van der Waals surface area contributed by atoms with E-state index in [0.29, 0.717) is 18.7 Å². The van der Waals surface area contributed by atoms with E-state index in [1.54, 1.807) is 11.0 Å². The van der Waals surface area contributed by atoms with Crippen LogP contribution in [0.25, 0.3) is 0 Å². The Labute approximate surface area is 171 Å². The molecule has 0 atom stereocenters. The number of carbonyl (C=O) groups is 2. The van der Waals surface area contributed by atoms with E-state index in [4.69, 9.17) is 0 Å². The smallest absolute Gasteiger partial charge is 0.326 e. The van der Waals surface area contributed by atoms with Crippen LogP contribution in [0.3, 0.4) is 0 Å². The van der Waals surface area contributed by atoms with Crippen LogP contribution in [0.5, 0.6) is 0 Å². The molecule has 3 rings (SSSR count). The molecule has 0 saturated carbocycles. The number of nitrogens with zero attached hydrogens (tertiary/aromatic N) is 1. The minimum absolute atomic E-state index is 0.0403. The van der Waals surface area contributed by atoms with Crippen molar-refractivity contribution in [1.29, 1.82) is 0 Å². The van der Waals surface area contributed by atoms with Gasteiger partial charge in [0.05, 0.1) is 16.2 Å². The first-order chi connectivity index (χ1) is 14.0. The summed E-state index contributed by atoms with van der Waals surface area (Å²) in [6.07, 6.45) is -4.42. The Morgan fingerprint density at radius 3 is 2.53 bits per heavy atom. The summed E-state index contributed by atoms with van der Waals surface area (Å²) in [5, 5.41) is 2.29. The minimum Gasteiger partial charge on any atom is -0.326 e. The zero-order chi connectivity index (χ0) is 22.1. The minimum atomic E-state index is -4.55. The molecule has 1 N–H and O–H groups in total. The van der Waals surface area contributed by atoms with Crippen LogP contribution in [0, 0.1) is 0 Å². The average molecular weight is 440 g/mol. The van der Waals surface area contributed by atoms with Crippen LogP contribution in [-0.2, 0) is 32.0 Å². The third kappa shape index (κ3) is 4.81. The topological polar surface area (TPSA) is 83.6 Å². The second-order valence-corrected chi connectivity index (χ2v) is 9.02. The maximum atomic E-state index is 12.7. The third-order valence-electron chi connectivity index (χ3n) is 4.76. The highest BCUT2D eigenvalue weighted by Crippen LogP contribution is 2.32. The molecule has 1 aliphatic rings. The van der Waals surface area contributed by atoms with Gasteiger partial charge in [-0.2, -0.15) is 13.2 Å². The molecule has 1 aliphatic heterocycles. The van der Waals surface area contributed by atoms with Crippen molar-refractivity contribution >= 4 is 33.0 Å². The number of hydrogen-bond acceptors (Lipinski definition) is 4. The summed E-state index contributed by atoms with van der Waals surface area (Å²) in [6, 6.07) is 8.57. The van der Waals surface area contributed by atoms with Gasteiger partial charge in [0.25, 0.3) is 0 Å². The van der Waals surface area contributed by atoms with Crippen molar-refractivity contribution < 1.29 is 31.2 Å². The lowest BCUT2D eigenvalue weighted by Gasteiger charge is -2.15. The molecule has 0 saturated heterocycles. The summed E-state index contributed by atoms with van der Waals surface area (Å²) in [5.41, 5.74) is 0.433. The van der Waals surface area contributed by atoms with Gasteiger partial charge in [0.1, 0.15) is 0 Å². The number of benzene rings is 2. The highest BCUT2D eigenvalue weighted by Gasteiger charge is 2.30. The summed E-state index contributed by atoms with van der Waals surface area (Å²) in [7, 11) is -3.78.